The normalized spacial score (nSPS) is 23.4. The number of nitrogens with zero attached hydrogens (tertiary/aromatic N) is 1. The molecule has 2 N–H and O–H groups in total. The molecule has 112 valence electrons. The topological polar surface area (TPSA) is 35.5 Å². The van der Waals surface area contributed by atoms with Crippen LogP contribution in [0.3, 0.4) is 0 Å². The lowest BCUT2D eigenvalue weighted by Gasteiger charge is -2.26. The van der Waals surface area contributed by atoms with Gasteiger partial charge in [0.2, 0.25) is 0 Å². The Balaban J connectivity index is 2.20. The molecule has 0 amide bonds. The minimum Gasteiger partial charge on any atom is -0.388 e. The summed E-state index contributed by atoms with van der Waals surface area (Å²) in [5.41, 5.74) is 3.41. The van der Waals surface area contributed by atoms with Crippen molar-refractivity contribution < 1.29 is 5.11 Å². The van der Waals surface area contributed by atoms with Gasteiger partial charge in [-0.05, 0) is 52.7 Å². The van der Waals surface area contributed by atoms with Gasteiger partial charge < -0.3 is 15.3 Å². The Morgan fingerprint density at radius 3 is 2.60 bits per heavy atom. The number of hydrogen-bond acceptors (Lipinski definition) is 3. The molecule has 1 unspecified atom stereocenters. The summed E-state index contributed by atoms with van der Waals surface area (Å²) in [6.45, 7) is 13.1. The monoisotopic (exact) mass is 276 g/mol. The van der Waals surface area contributed by atoms with E-state index < -0.39 is 5.60 Å². The number of rotatable bonds is 3. The van der Waals surface area contributed by atoms with Gasteiger partial charge in [0.05, 0.1) is 5.60 Å². The van der Waals surface area contributed by atoms with Crippen molar-refractivity contribution in [1.82, 2.24) is 5.32 Å². The largest absolute Gasteiger partial charge is 0.388 e. The first-order chi connectivity index (χ1) is 9.16. The lowest BCUT2D eigenvalue weighted by molar-refractivity contribution is 0.0839. The average molecular weight is 276 g/mol. The van der Waals surface area contributed by atoms with Crippen molar-refractivity contribution in [3.8, 4) is 0 Å². The summed E-state index contributed by atoms with van der Waals surface area (Å²) in [5, 5.41) is 13.7. The van der Waals surface area contributed by atoms with Gasteiger partial charge >= 0.3 is 0 Å². The maximum atomic E-state index is 10.2. The molecule has 20 heavy (non-hydrogen) atoms. The maximum Gasteiger partial charge on any atom is 0.0810 e. The van der Waals surface area contributed by atoms with Gasteiger partial charge in [0.25, 0.3) is 0 Å². The first-order valence-electron chi connectivity index (χ1n) is 7.48. The number of aryl methyl sites for hydroxylation is 1. The highest BCUT2D eigenvalue weighted by molar-refractivity contribution is 5.56. The van der Waals surface area contributed by atoms with Crippen molar-refractivity contribution in [1.29, 1.82) is 0 Å². The standard InChI is InChI=1S/C17H28N2O/c1-13-6-7-15(19-9-8-17(5,20)12-19)14(10-13)11-18-16(2,3)4/h6-7,10,18,20H,8-9,11-12H2,1-5H3. The Bertz CT molecular complexity index is 474. The number of anilines is 1. The van der Waals surface area contributed by atoms with Crippen LogP contribution in [-0.4, -0.2) is 29.3 Å². The smallest absolute Gasteiger partial charge is 0.0810 e. The van der Waals surface area contributed by atoms with Gasteiger partial charge in [0, 0.05) is 30.9 Å². The number of nitrogens with one attached hydrogen (secondary N) is 1. The van der Waals surface area contributed by atoms with E-state index in [-0.39, 0.29) is 5.54 Å². The molecular formula is C17H28N2O. The van der Waals surface area contributed by atoms with Gasteiger partial charge in [-0.15, -0.1) is 0 Å². The molecule has 1 saturated heterocycles. The third kappa shape index (κ3) is 3.97. The second-order valence-corrected chi connectivity index (χ2v) is 7.40. The summed E-state index contributed by atoms with van der Waals surface area (Å²) < 4.78 is 0. The molecule has 0 saturated carbocycles. The highest BCUT2D eigenvalue weighted by atomic mass is 16.3. The van der Waals surface area contributed by atoms with E-state index in [1.807, 2.05) is 6.92 Å². The molecule has 1 heterocycles. The van der Waals surface area contributed by atoms with Crippen molar-refractivity contribution in [2.75, 3.05) is 18.0 Å². The highest BCUT2D eigenvalue weighted by Gasteiger charge is 2.32. The van der Waals surface area contributed by atoms with Crippen LogP contribution in [0.25, 0.3) is 0 Å². The second kappa shape index (κ2) is 5.38. The molecule has 0 spiro atoms. The van der Waals surface area contributed by atoms with E-state index in [0.29, 0.717) is 0 Å². The minimum absolute atomic E-state index is 0.109. The Hall–Kier alpha value is -1.06. The molecule has 1 aliphatic heterocycles. The fourth-order valence-electron chi connectivity index (χ4n) is 2.68. The first kappa shape index (κ1) is 15.3. The average Bonchev–Trinajstić information content (AvgIpc) is 2.66. The zero-order valence-corrected chi connectivity index (χ0v) is 13.5. The van der Waals surface area contributed by atoms with Crippen LogP contribution in [0.5, 0.6) is 0 Å². The Morgan fingerprint density at radius 1 is 1.35 bits per heavy atom. The molecule has 3 nitrogen and oxygen atoms in total. The summed E-state index contributed by atoms with van der Waals surface area (Å²) in [5.74, 6) is 0. The van der Waals surface area contributed by atoms with Gasteiger partial charge in [0.15, 0.2) is 0 Å². The van der Waals surface area contributed by atoms with E-state index in [4.69, 9.17) is 0 Å². The SMILES string of the molecule is Cc1ccc(N2CCC(C)(O)C2)c(CNC(C)(C)C)c1. The maximum absolute atomic E-state index is 10.2. The number of benzene rings is 1. The van der Waals surface area contributed by atoms with Crippen LogP contribution in [0, 0.1) is 6.92 Å². The predicted octanol–water partition coefficient (Wildman–Crippen LogP) is 2.84. The lowest BCUT2D eigenvalue weighted by atomic mass is 10.0. The van der Waals surface area contributed by atoms with Gasteiger partial charge in [-0.2, -0.15) is 0 Å². The molecule has 1 aromatic carbocycles. The van der Waals surface area contributed by atoms with Gasteiger partial charge in [-0.3, -0.25) is 0 Å². The quantitative estimate of drug-likeness (QED) is 0.891. The Labute approximate surface area is 123 Å². The molecule has 1 aliphatic rings. The van der Waals surface area contributed by atoms with Crippen molar-refractivity contribution in [3.63, 3.8) is 0 Å². The zero-order chi connectivity index (χ0) is 15.0. The third-order valence-corrected chi connectivity index (χ3v) is 3.84. The van der Waals surface area contributed by atoms with Crippen molar-refractivity contribution in [3.05, 3.63) is 29.3 Å². The summed E-state index contributed by atoms with van der Waals surface area (Å²) in [7, 11) is 0. The molecule has 0 bridgehead atoms. The van der Waals surface area contributed by atoms with Crippen LogP contribution < -0.4 is 10.2 Å². The Morgan fingerprint density at radius 2 is 2.05 bits per heavy atom. The van der Waals surface area contributed by atoms with Crippen molar-refractivity contribution in [2.24, 2.45) is 0 Å². The second-order valence-electron chi connectivity index (χ2n) is 7.40. The summed E-state index contributed by atoms with van der Waals surface area (Å²) in [6, 6.07) is 6.60. The molecule has 3 heteroatoms. The predicted molar refractivity (Wildman–Crippen MR) is 85.2 cm³/mol. The number of hydrogen-bond donors (Lipinski definition) is 2. The van der Waals surface area contributed by atoms with E-state index in [1.54, 1.807) is 0 Å². The lowest BCUT2D eigenvalue weighted by Crippen LogP contribution is -2.36. The highest BCUT2D eigenvalue weighted by Crippen LogP contribution is 2.30. The van der Waals surface area contributed by atoms with Crippen LogP contribution in [0.1, 0.15) is 45.2 Å². The molecular weight excluding hydrogens is 248 g/mol. The summed E-state index contributed by atoms with van der Waals surface area (Å²) >= 11 is 0. The van der Waals surface area contributed by atoms with Crippen LogP contribution in [0.2, 0.25) is 0 Å². The molecule has 1 atom stereocenters. The summed E-state index contributed by atoms with van der Waals surface area (Å²) in [4.78, 5) is 2.30. The van der Waals surface area contributed by atoms with E-state index >= 15 is 0 Å². The zero-order valence-electron chi connectivity index (χ0n) is 13.5. The molecule has 0 radical (unpaired) electrons. The van der Waals surface area contributed by atoms with E-state index in [2.05, 4.69) is 56.1 Å². The fourth-order valence-corrected chi connectivity index (χ4v) is 2.68. The number of aliphatic hydroxyl groups is 1. The third-order valence-electron chi connectivity index (χ3n) is 3.84. The van der Waals surface area contributed by atoms with Crippen molar-refractivity contribution in [2.45, 2.75) is 58.7 Å². The van der Waals surface area contributed by atoms with E-state index in [9.17, 15) is 5.11 Å². The minimum atomic E-state index is -0.556. The molecule has 2 rings (SSSR count). The van der Waals surface area contributed by atoms with Gasteiger partial charge in [-0.25, -0.2) is 0 Å². The summed E-state index contributed by atoms with van der Waals surface area (Å²) in [6.07, 6.45) is 0.840. The van der Waals surface area contributed by atoms with Crippen LogP contribution in [0.15, 0.2) is 18.2 Å². The molecule has 0 aromatic heterocycles. The van der Waals surface area contributed by atoms with E-state index in [1.165, 1.54) is 16.8 Å². The number of β-amino-alcohol motifs (C(OH)–C–C–N with tert-alkyl or cyclic N) is 1. The van der Waals surface area contributed by atoms with Gasteiger partial charge in [0.1, 0.15) is 0 Å². The van der Waals surface area contributed by atoms with E-state index in [0.717, 1.165) is 26.1 Å². The molecule has 1 fully saturated rings. The fraction of sp³-hybridized carbons (Fsp3) is 0.647. The van der Waals surface area contributed by atoms with Crippen LogP contribution in [0.4, 0.5) is 5.69 Å². The van der Waals surface area contributed by atoms with Gasteiger partial charge in [-0.1, -0.05) is 17.7 Å². The molecule has 0 aliphatic carbocycles. The Kier molecular flexibility index (Phi) is 4.12. The van der Waals surface area contributed by atoms with Crippen LogP contribution in [-0.2, 0) is 6.54 Å². The van der Waals surface area contributed by atoms with Crippen molar-refractivity contribution >= 4 is 5.69 Å². The molecule has 1 aromatic rings. The first-order valence-corrected chi connectivity index (χ1v) is 7.48. The van der Waals surface area contributed by atoms with Crippen LogP contribution >= 0.6 is 0 Å².